The van der Waals surface area contributed by atoms with Crippen LogP contribution in [0.3, 0.4) is 0 Å². The lowest BCUT2D eigenvalue weighted by Crippen LogP contribution is -2.14. The molecule has 0 radical (unpaired) electrons. The number of fused-ring (bicyclic) bond motifs is 1. The molecule has 0 aromatic carbocycles. The van der Waals surface area contributed by atoms with Crippen LogP contribution in [0.5, 0.6) is 0 Å². The average molecular weight is 180 g/mol. The number of rotatable bonds is 1. The molecule has 3 nitrogen and oxygen atoms in total. The summed E-state index contributed by atoms with van der Waals surface area (Å²) in [7, 11) is 0. The number of carbonyl (C=O) groups excluding carboxylic acids is 2. The zero-order chi connectivity index (χ0) is 9.42. The van der Waals surface area contributed by atoms with E-state index in [-0.39, 0.29) is 17.9 Å². The Morgan fingerprint density at radius 2 is 2.31 bits per heavy atom. The predicted octanol–water partition coefficient (Wildman–Crippen LogP) is 1.23. The van der Waals surface area contributed by atoms with Crippen molar-refractivity contribution in [1.82, 2.24) is 0 Å². The topological polar surface area (TPSA) is 43.4 Å². The number of carbonyl (C=O) groups is 2. The van der Waals surface area contributed by atoms with E-state index in [2.05, 4.69) is 0 Å². The molecule has 0 spiro atoms. The first-order chi connectivity index (χ1) is 6.16. The Hall–Kier alpha value is -1.12. The molecule has 13 heavy (non-hydrogen) atoms. The Kier molecular flexibility index (Phi) is 1.94. The third-order valence-corrected chi connectivity index (χ3v) is 2.70. The average Bonchev–Trinajstić information content (AvgIpc) is 2.51. The van der Waals surface area contributed by atoms with Crippen molar-refractivity contribution in [3.8, 4) is 0 Å². The molecule has 1 fully saturated rings. The second-order valence-electron chi connectivity index (χ2n) is 3.69. The summed E-state index contributed by atoms with van der Waals surface area (Å²) in [6.07, 6.45) is 4.02. The van der Waals surface area contributed by atoms with E-state index < -0.39 is 0 Å². The molecule has 0 aromatic rings. The zero-order valence-corrected chi connectivity index (χ0v) is 7.58. The van der Waals surface area contributed by atoms with Gasteiger partial charge in [0, 0.05) is 13.3 Å². The molecular weight excluding hydrogens is 168 g/mol. The standard InChI is InChI=1S/C10H12O3/c1-6(11)13-10-3-2-7-4-8(12)5-9(7)10/h5,7,10H,2-4H2,1H3/t7-,10+/m1/s1. The van der Waals surface area contributed by atoms with E-state index in [9.17, 15) is 9.59 Å². The molecule has 2 aliphatic rings. The molecule has 3 heteroatoms. The molecule has 0 amide bonds. The van der Waals surface area contributed by atoms with Gasteiger partial charge in [0.05, 0.1) is 0 Å². The van der Waals surface area contributed by atoms with Crippen LogP contribution in [-0.2, 0) is 14.3 Å². The lowest BCUT2D eigenvalue weighted by Gasteiger charge is -2.11. The van der Waals surface area contributed by atoms with Crippen LogP contribution in [0.15, 0.2) is 11.6 Å². The fraction of sp³-hybridized carbons (Fsp3) is 0.600. The van der Waals surface area contributed by atoms with Crippen molar-refractivity contribution >= 4 is 11.8 Å². The number of allylic oxidation sites excluding steroid dienone is 1. The maximum absolute atomic E-state index is 11.1. The van der Waals surface area contributed by atoms with Gasteiger partial charge in [-0.15, -0.1) is 0 Å². The SMILES string of the molecule is CC(=O)O[C@H]1CC[C@@H]2CC(=O)C=C21. The third kappa shape index (κ3) is 1.50. The highest BCUT2D eigenvalue weighted by molar-refractivity contribution is 5.94. The number of hydrogen-bond acceptors (Lipinski definition) is 3. The molecule has 0 unspecified atom stereocenters. The molecule has 0 saturated heterocycles. The van der Waals surface area contributed by atoms with Crippen molar-refractivity contribution in [2.75, 3.05) is 0 Å². The summed E-state index contributed by atoms with van der Waals surface area (Å²) >= 11 is 0. The van der Waals surface area contributed by atoms with Gasteiger partial charge in [-0.2, -0.15) is 0 Å². The molecule has 70 valence electrons. The summed E-state index contributed by atoms with van der Waals surface area (Å²) in [6.45, 7) is 1.41. The van der Waals surface area contributed by atoms with Gasteiger partial charge in [0.2, 0.25) is 0 Å². The molecule has 2 aliphatic carbocycles. The number of hydrogen-bond donors (Lipinski definition) is 0. The largest absolute Gasteiger partial charge is 0.458 e. The van der Waals surface area contributed by atoms with Gasteiger partial charge >= 0.3 is 5.97 Å². The lowest BCUT2D eigenvalue weighted by atomic mass is 10.1. The van der Waals surface area contributed by atoms with Crippen LogP contribution < -0.4 is 0 Å². The number of ether oxygens (including phenoxy) is 1. The fourth-order valence-electron chi connectivity index (χ4n) is 2.19. The van der Waals surface area contributed by atoms with Crippen molar-refractivity contribution in [1.29, 1.82) is 0 Å². The molecule has 2 atom stereocenters. The van der Waals surface area contributed by atoms with Crippen LogP contribution in [0.25, 0.3) is 0 Å². The summed E-state index contributed by atoms with van der Waals surface area (Å²) in [4.78, 5) is 21.8. The van der Waals surface area contributed by atoms with Gasteiger partial charge < -0.3 is 4.74 Å². The Bertz CT molecular complexity index is 291. The van der Waals surface area contributed by atoms with E-state index in [0.29, 0.717) is 12.3 Å². The van der Waals surface area contributed by atoms with Gasteiger partial charge in [0.25, 0.3) is 0 Å². The van der Waals surface area contributed by atoms with Gasteiger partial charge in [-0.05, 0) is 30.4 Å². The molecule has 2 rings (SSSR count). The maximum atomic E-state index is 11.1. The highest BCUT2D eigenvalue weighted by Crippen LogP contribution is 2.39. The Morgan fingerprint density at radius 1 is 1.54 bits per heavy atom. The van der Waals surface area contributed by atoms with Gasteiger partial charge in [-0.25, -0.2) is 0 Å². The Morgan fingerprint density at radius 3 is 3.00 bits per heavy atom. The van der Waals surface area contributed by atoms with Gasteiger partial charge in [-0.3, -0.25) is 9.59 Å². The molecule has 0 aliphatic heterocycles. The predicted molar refractivity (Wildman–Crippen MR) is 46.0 cm³/mol. The van der Waals surface area contributed by atoms with Crippen molar-refractivity contribution in [2.45, 2.75) is 32.3 Å². The van der Waals surface area contributed by atoms with Gasteiger partial charge in [0.15, 0.2) is 5.78 Å². The summed E-state index contributed by atoms with van der Waals surface area (Å²) in [5.41, 5.74) is 1.04. The van der Waals surface area contributed by atoms with E-state index >= 15 is 0 Å². The summed E-state index contributed by atoms with van der Waals surface area (Å²) in [5, 5.41) is 0. The second-order valence-corrected chi connectivity index (χ2v) is 3.69. The van der Waals surface area contributed by atoms with Crippen molar-refractivity contribution in [2.24, 2.45) is 5.92 Å². The second kappa shape index (κ2) is 2.98. The fourth-order valence-corrected chi connectivity index (χ4v) is 2.19. The first kappa shape index (κ1) is 8.48. The quantitative estimate of drug-likeness (QED) is 0.570. The Balaban J connectivity index is 2.11. The Labute approximate surface area is 76.8 Å². The summed E-state index contributed by atoms with van der Waals surface area (Å²) in [5.74, 6) is 0.277. The molecule has 0 N–H and O–H groups in total. The monoisotopic (exact) mass is 180 g/mol. The summed E-state index contributed by atoms with van der Waals surface area (Å²) < 4.78 is 5.11. The minimum atomic E-state index is -0.258. The van der Waals surface area contributed by atoms with E-state index in [1.807, 2.05) is 0 Å². The smallest absolute Gasteiger partial charge is 0.303 e. The highest BCUT2D eigenvalue weighted by atomic mass is 16.5. The molecule has 0 heterocycles. The van der Waals surface area contributed by atoms with E-state index in [0.717, 1.165) is 18.4 Å². The summed E-state index contributed by atoms with van der Waals surface area (Å²) in [6, 6.07) is 0. The van der Waals surface area contributed by atoms with Crippen LogP contribution in [0.4, 0.5) is 0 Å². The normalized spacial score (nSPS) is 31.5. The number of ketones is 1. The number of esters is 1. The third-order valence-electron chi connectivity index (χ3n) is 2.70. The van der Waals surface area contributed by atoms with Crippen LogP contribution >= 0.6 is 0 Å². The van der Waals surface area contributed by atoms with Crippen LogP contribution in [0.2, 0.25) is 0 Å². The lowest BCUT2D eigenvalue weighted by molar-refractivity contribution is -0.144. The van der Waals surface area contributed by atoms with Crippen LogP contribution in [-0.4, -0.2) is 17.9 Å². The van der Waals surface area contributed by atoms with Crippen LogP contribution in [0, 0.1) is 5.92 Å². The maximum Gasteiger partial charge on any atom is 0.303 e. The minimum Gasteiger partial charge on any atom is -0.458 e. The van der Waals surface area contributed by atoms with Gasteiger partial charge in [0.1, 0.15) is 6.10 Å². The van der Waals surface area contributed by atoms with Crippen molar-refractivity contribution in [3.63, 3.8) is 0 Å². The first-order valence-corrected chi connectivity index (χ1v) is 4.58. The first-order valence-electron chi connectivity index (χ1n) is 4.58. The highest BCUT2D eigenvalue weighted by Gasteiger charge is 2.37. The van der Waals surface area contributed by atoms with Gasteiger partial charge in [-0.1, -0.05) is 0 Å². The molecule has 0 aromatic heterocycles. The zero-order valence-electron chi connectivity index (χ0n) is 7.58. The molecular formula is C10H12O3. The molecule has 1 saturated carbocycles. The molecule has 0 bridgehead atoms. The van der Waals surface area contributed by atoms with E-state index in [4.69, 9.17) is 4.74 Å². The van der Waals surface area contributed by atoms with E-state index in [1.54, 1.807) is 6.08 Å². The van der Waals surface area contributed by atoms with Crippen molar-refractivity contribution in [3.05, 3.63) is 11.6 Å². The van der Waals surface area contributed by atoms with Crippen LogP contribution in [0.1, 0.15) is 26.2 Å². The van der Waals surface area contributed by atoms with E-state index in [1.165, 1.54) is 6.92 Å². The van der Waals surface area contributed by atoms with Crippen molar-refractivity contribution < 1.29 is 14.3 Å². The minimum absolute atomic E-state index is 0.117.